The van der Waals surface area contributed by atoms with E-state index >= 15 is 0 Å². The van der Waals surface area contributed by atoms with Gasteiger partial charge in [0.2, 0.25) is 5.95 Å². The van der Waals surface area contributed by atoms with Gasteiger partial charge in [0.05, 0.1) is 28.1 Å². The molecule has 1 N–H and O–H groups in total. The van der Waals surface area contributed by atoms with Crippen LogP contribution >= 0.6 is 11.3 Å². The molecule has 142 valence electrons. The molecule has 0 bridgehead atoms. The third kappa shape index (κ3) is 2.92. The molecule has 0 radical (unpaired) electrons. The molecular weight excluding hydrogens is 372 g/mol. The van der Waals surface area contributed by atoms with E-state index in [-0.39, 0.29) is 0 Å². The minimum atomic E-state index is 0.538. The molecule has 1 saturated heterocycles. The molecule has 28 heavy (non-hydrogen) atoms. The van der Waals surface area contributed by atoms with Gasteiger partial charge in [0.25, 0.3) is 0 Å². The molecule has 4 aromatic rings. The fourth-order valence-corrected chi connectivity index (χ4v) is 4.50. The van der Waals surface area contributed by atoms with Crippen molar-refractivity contribution in [1.82, 2.24) is 35.3 Å². The van der Waals surface area contributed by atoms with Crippen molar-refractivity contribution in [2.75, 3.05) is 32.1 Å². The number of H-pyrrole nitrogens is 1. The number of anilines is 1. The molecule has 0 spiro atoms. The van der Waals surface area contributed by atoms with Gasteiger partial charge in [-0.15, -0.1) is 21.5 Å². The van der Waals surface area contributed by atoms with Crippen LogP contribution in [0.4, 0.5) is 5.95 Å². The molecule has 1 atom stereocenters. The highest BCUT2D eigenvalue weighted by molar-refractivity contribution is 7.17. The first kappa shape index (κ1) is 17.2. The topological polar surface area (TPSA) is 86.7 Å². The fraction of sp³-hybridized carbons (Fsp3) is 0.316. The maximum Gasteiger partial charge on any atom is 0.245 e. The van der Waals surface area contributed by atoms with E-state index in [0.29, 0.717) is 12.0 Å². The lowest BCUT2D eigenvalue weighted by atomic mass is 10.0. The summed E-state index contributed by atoms with van der Waals surface area (Å²) in [6, 6.07) is 4.65. The summed E-state index contributed by atoms with van der Waals surface area (Å²) in [7, 11) is 4.23. The van der Waals surface area contributed by atoms with Gasteiger partial charge in [0.15, 0.2) is 0 Å². The number of benzene rings is 1. The molecule has 1 unspecified atom stereocenters. The molecule has 5 rings (SSSR count). The maximum atomic E-state index is 4.60. The van der Waals surface area contributed by atoms with Crippen LogP contribution in [0.2, 0.25) is 0 Å². The number of rotatable bonds is 4. The Balaban J connectivity index is 1.47. The largest absolute Gasteiger partial charge is 0.338 e. The standard InChI is InChI=1S/C19H20N8S/c1-26(2)13-5-6-27(10-13)19-20-9-16(24-25-19)15-4-3-14(12-7-22-23-8-12)17-18(15)28-11-21-17/h3-4,7-9,11,13H,5-6,10H2,1-2H3,(H,22,23). The minimum absolute atomic E-state index is 0.538. The Morgan fingerprint density at radius 1 is 1.14 bits per heavy atom. The second kappa shape index (κ2) is 6.92. The molecule has 1 fully saturated rings. The fourth-order valence-electron chi connectivity index (χ4n) is 3.67. The summed E-state index contributed by atoms with van der Waals surface area (Å²) in [4.78, 5) is 13.6. The van der Waals surface area contributed by atoms with Gasteiger partial charge in [-0.3, -0.25) is 5.10 Å². The Morgan fingerprint density at radius 3 is 2.75 bits per heavy atom. The molecule has 0 amide bonds. The van der Waals surface area contributed by atoms with E-state index in [9.17, 15) is 0 Å². The third-order valence-corrected chi connectivity index (χ3v) is 6.15. The molecular formula is C19H20N8S. The van der Waals surface area contributed by atoms with Gasteiger partial charge in [-0.2, -0.15) is 5.10 Å². The van der Waals surface area contributed by atoms with Crippen molar-refractivity contribution in [2.45, 2.75) is 12.5 Å². The summed E-state index contributed by atoms with van der Waals surface area (Å²) in [5.74, 6) is 0.698. The van der Waals surface area contributed by atoms with Gasteiger partial charge in [0, 0.05) is 42.0 Å². The maximum absolute atomic E-state index is 4.60. The van der Waals surface area contributed by atoms with E-state index in [1.54, 1.807) is 17.5 Å². The van der Waals surface area contributed by atoms with Crippen molar-refractivity contribution in [2.24, 2.45) is 0 Å². The molecule has 3 aromatic heterocycles. The lowest BCUT2D eigenvalue weighted by molar-refractivity contribution is 0.315. The quantitative estimate of drug-likeness (QED) is 0.571. The first-order valence-electron chi connectivity index (χ1n) is 9.17. The zero-order valence-electron chi connectivity index (χ0n) is 15.7. The average Bonchev–Trinajstić information content (AvgIpc) is 3.49. The Labute approximate surface area is 166 Å². The average molecular weight is 392 g/mol. The van der Waals surface area contributed by atoms with E-state index in [0.717, 1.165) is 52.1 Å². The van der Waals surface area contributed by atoms with Gasteiger partial charge in [-0.05, 0) is 20.5 Å². The molecule has 1 aliphatic heterocycles. The normalized spacial score (nSPS) is 17.1. The van der Waals surface area contributed by atoms with Gasteiger partial charge < -0.3 is 9.80 Å². The van der Waals surface area contributed by atoms with E-state index in [1.807, 2.05) is 17.9 Å². The minimum Gasteiger partial charge on any atom is -0.338 e. The summed E-state index contributed by atoms with van der Waals surface area (Å²) < 4.78 is 1.08. The van der Waals surface area contributed by atoms with Gasteiger partial charge in [-0.1, -0.05) is 12.1 Å². The van der Waals surface area contributed by atoms with E-state index in [1.165, 1.54) is 0 Å². The predicted molar refractivity (Wildman–Crippen MR) is 110 cm³/mol. The molecule has 1 aliphatic rings. The highest BCUT2D eigenvalue weighted by Gasteiger charge is 2.26. The summed E-state index contributed by atoms with van der Waals surface area (Å²) in [6.45, 7) is 1.90. The van der Waals surface area contributed by atoms with Crippen molar-refractivity contribution in [3.63, 3.8) is 0 Å². The van der Waals surface area contributed by atoms with Crippen molar-refractivity contribution in [3.05, 3.63) is 36.2 Å². The van der Waals surface area contributed by atoms with Crippen LogP contribution in [0, 0.1) is 0 Å². The van der Waals surface area contributed by atoms with Crippen LogP contribution in [0.15, 0.2) is 36.2 Å². The number of thiazole rings is 1. The smallest absolute Gasteiger partial charge is 0.245 e. The second-order valence-corrected chi connectivity index (χ2v) is 8.03. The first-order valence-corrected chi connectivity index (χ1v) is 10.1. The summed E-state index contributed by atoms with van der Waals surface area (Å²) in [5.41, 5.74) is 6.65. The number of likely N-dealkylation sites (N-methyl/N-ethyl adjacent to an activating group) is 1. The van der Waals surface area contributed by atoms with E-state index < -0.39 is 0 Å². The lowest BCUT2D eigenvalue weighted by Gasteiger charge is -2.20. The zero-order valence-corrected chi connectivity index (χ0v) is 16.5. The third-order valence-electron chi connectivity index (χ3n) is 5.30. The number of nitrogens with one attached hydrogen (secondary N) is 1. The molecule has 0 saturated carbocycles. The van der Waals surface area contributed by atoms with Crippen molar-refractivity contribution < 1.29 is 0 Å². The molecule has 8 nitrogen and oxygen atoms in total. The summed E-state index contributed by atoms with van der Waals surface area (Å²) >= 11 is 1.60. The first-order chi connectivity index (χ1) is 13.7. The monoisotopic (exact) mass is 392 g/mol. The number of aromatic nitrogens is 6. The van der Waals surface area contributed by atoms with Crippen LogP contribution < -0.4 is 4.90 Å². The van der Waals surface area contributed by atoms with E-state index in [2.05, 4.69) is 66.4 Å². The summed E-state index contributed by atoms with van der Waals surface area (Å²) in [5, 5.41) is 15.8. The molecule has 9 heteroatoms. The summed E-state index contributed by atoms with van der Waals surface area (Å²) in [6.07, 6.45) is 6.62. The van der Waals surface area contributed by atoms with Crippen LogP contribution in [-0.4, -0.2) is 68.5 Å². The Morgan fingerprint density at radius 2 is 2.04 bits per heavy atom. The molecule has 0 aliphatic carbocycles. The Kier molecular flexibility index (Phi) is 4.25. The number of hydrogen-bond donors (Lipinski definition) is 1. The Hall–Kier alpha value is -2.91. The molecule has 1 aromatic carbocycles. The number of nitrogens with zero attached hydrogens (tertiary/aromatic N) is 7. The van der Waals surface area contributed by atoms with Gasteiger partial charge in [-0.25, -0.2) is 9.97 Å². The van der Waals surface area contributed by atoms with Crippen molar-refractivity contribution in [1.29, 1.82) is 0 Å². The van der Waals surface area contributed by atoms with Gasteiger partial charge in [0.1, 0.15) is 5.69 Å². The Bertz CT molecular complexity index is 1090. The van der Waals surface area contributed by atoms with Gasteiger partial charge >= 0.3 is 0 Å². The lowest BCUT2D eigenvalue weighted by Crippen LogP contribution is -2.32. The SMILES string of the molecule is CN(C)C1CCN(c2ncc(-c3ccc(-c4cn[nH]c4)c4ncsc34)nn2)C1. The number of aromatic amines is 1. The van der Waals surface area contributed by atoms with E-state index in [4.69, 9.17) is 0 Å². The highest BCUT2D eigenvalue weighted by atomic mass is 32.1. The number of hydrogen-bond acceptors (Lipinski definition) is 8. The number of fused-ring (bicyclic) bond motifs is 1. The van der Waals surface area contributed by atoms with Crippen molar-refractivity contribution >= 4 is 27.5 Å². The second-order valence-electron chi connectivity index (χ2n) is 7.17. The van der Waals surface area contributed by atoms with Crippen LogP contribution in [0.5, 0.6) is 0 Å². The molecule has 4 heterocycles. The van der Waals surface area contributed by atoms with Crippen LogP contribution in [0.3, 0.4) is 0 Å². The predicted octanol–water partition coefficient (Wildman–Crippen LogP) is 2.68. The van der Waals surface area contributed by atoms with Crippen molar-refractivity contribution in [3.8, 4) is 22.4 Å². The van der Waals surface area contributed by atoms with Crippen LogP contribution in [0.25, 0.3) is 32.6 Å². The van der Waals surface area contributed by atoms with Crippen LogP contribution in [-0.2, 0) is 0 Å². The zero-order chi connectivity index (χ0) is 19.1. The highest BCUT2D eigenvalue weighted by Crippen LogP contribution is 2.36. The van der Waals surface area contributed by atoms with Crippen LogP contribution in [0.1, 0.15) is 6.42 Å².